The van der Waals surface area contributed by atoms with Crippen LogP contribution in [-0.2, 0) is 0 Å². The average molecular weight is 357 g/mol. The van der Waals surface area contributed by atoms with Gasteiger partial charge in [-0.2, -0.15) is 0 Å². The van der Waals surface area contributed by atoms with Gasteiger partial charge in [0, 0.05) is 0 Å². The Balaban J connectivity index is 5.11. The van der Waals surface area contributed by atoms with Crippen LogP contribution in [0.1, 0.15) is 55.4 Å². The molecule has 23 heavy (non-hydrogen) atoms. The summed E-state index contributed by atoms with van der Waals surface area (Å²) in [5, 5.41) is 4.64. The highest BCUT2D eigenvalue weighted by Crippen LogP contribution is 2.27. The molecule has 2 nitrogen and oxygen atoms in total. The van der Waals surface area contributed by atoms with Gasteiger partial charge in [0.05, 0.1) is 0 Å². The van der Waals surface area contributed by atoms with Crippen molar-refractivity contribution in [2.45, 2.75) is 83.8 Å². The van der Waals surface area contributed by atoms with Gasteiger partial charge in [-0.25, -0.2) is 0 Å². The monoisotopic (exact) mass is 356 g/mol. The first-order valence-electron chi connectivity index (χ1n) is 10.2. The van der Waals surface area contributed by atoms with Crippen LogP contribution in [0.4, 0.5) is 0 Å². The van der Waals surface area contributed by atoms with Gasteiger partial charge in [-0.1, -0.05) is 83.1 Å². The minimum atomic E-state index is -1.47. The van der Waals surface area contributed by atoms with Crippen molar-refractivity contribution in [3.8, 4) is 0 Å². The highest BCUT2D eigenvalue weighted by molar-refractivity contribution is 6.75. The molecule has 0 aromatic carbocycles. The molecule has 4 heteroatoms. The normalized spacial score (nSPS) is 12.9. The zero-order chi connectivity index (χ0) is 18.0. The van der Waals surface area contributed by atoms with Gasteiger partial charge in [0.15, 0.2) is 0 Å². The fraction of sp³-hybridized carbons (Fsp3) is 1.00. The summed E-state index contributed by atoms with van der Waals surface area (Å²) in [5.74, 6) is 1.78. The third-order valence-electron chi connectivity index (χ3n) is 5.53. The summed E-state index contributed by atoms with van der Waals surface area (Å²) in [6, 6.07) is 1.49. The van der Waals surface area contributed by atoms with Gasteiger partial charge in [-0.15, -0.1) is 0 Å². The van der Waals surface area contributed by atoms with Gasteiger partial charge >= 0.3 is 0 Å². The summed E-state index contributed by atoms with van der Waals surface area (Å²) in [7, 11) is -1.47. The zero-order valence-corrected chi connectivity index (χ0v) is 19.9. The molecule has 0 bridgehead atoms. The topological polar surface area (TPSA) is 6.48 Å². The van der Waals surface area contributed by atoms with E-state index in [-0.39, 0.29) is 0 Å². The zero-order valence-electron chi connectivity index (χ0n) is 17.8. The van der Waals surface area contributed by atoms with E-state index in [1.165, 1.54) is 32.2 Å². The molecule has 0 amide bonds. The van der Waals surface area contributed by atoms with Gasteiger partial charge in [-0.3, -0.25) is 0 Å². The van der Waals surface area contributed by atoms with Crippen LogP contribution in [0, 0.1) is 11.8 Å². The van der Waals surface area contributed by atoms with Crippen LogP contribution < -0.4 is 0 Å². The molecule has 0 heterocycles. The Morgan fingerprint density at radius 2 is 1.09 bits per heavy atom. The lowest BCUT2D eigenvalue weighted by Crippen LogP contribution is -2.63. The Bertz CT molecular complexity index is 267. The van der Waals surface area contributed by atoms with Crippen molar-refractivity contribution in [1.82, 2.24) is 9.13 Å². The summed E-state index contributed by atoms with van der Waals surface area (Å²) >= 11 is -0.595. The first-order valence-corrected chi connectivity index (χ1v) is 15.3. The molecular weight excluding hydrogens is 311 g/mol. The average Bonchev–Trinajstić information content (AvgIpc) is 2.46. The van der Waals surface area contributed by atoms with Crippen molar-refractivity contribution in [2.75, 3.05) is 26.2 Å². The second kappa shape index (κ2) is 12.1. The van der Waals surface area contributed by atoms with Gasteiger partial charge < -0.3 is 9.13 Å². The van der Waals surface area contributed by atoms with E-state index in [0.29, 0.717) is 0 Å². The molecule has 0 aromatic rings. The first kappa shape index (κ1) is 23.7. The van der Waals surface area contributed by atoms with Crippen molar-refractivity contribution in [2.24, 2.45) is 11.8 Å². The van der Waals surface area contributed by atoms with E-state index in [4.69, 9.17) is 0 Å². The molecule has 0 saturated heterocycles. The Kier molecular flexibility index (Phi) is 12.4. The smallest absolute Gasteiger partial charge is 0.262 e. The van der Waals surface area contributed by atoms with Crippen LogP contribution in [0.2, 0.25) is 28.4 Å². The van der Waals surface area contributed by atoms with Crippen LogP contribution in [0.5, 0.6) is 0 Å². The van der Waals surface area contributed by atoms with E-state index in [2.05, 4.69) is 71.1 Å². The minimum Gasteiger partial charge on any atom is -0.312 e. The lowest BCUT2D eigenvalue weighted by molar-refractivity contribution is 0.355. The summed E-state index contributed by atoms with van der Waals surface area (Å²) in [6.45, 7) is 26.6. The van der Waals surface area contributed by atoms with Crippen LogP contribution in [-0.4, -0.2) is 57.9 Å². The summed E-state index contributed by atoms with van der Waals surface area (Å²) in [4.78, 5) is 0. The fourth-order valence-electron chi connectivity index (χ4n) is 4.47. The lowest BCUT2D eigenvalue weighted by atomic mass is 10.3. The van der Waals surface area contributed by atoms with Crippen LogP contribution in [0.3, 0.4) is 0 Å². The second-order valence-electron chi connectivity index (χ2n) is 8.23. The van der Waals surface area contributed by atoms with Crippen molar-refractivity contribution >= 4 is 22.5 Å². The highest BCUT2D eigenvalue weighted by Gasteiger charge is 2.39. The number of rotatable bonds is 13. The van der Waals surface area contributed by atoms with E-state index >= 15 is 0 Å². The van der Waals surface area contributed by atoms with Crippen molar-refractivity contribution in [3.63, 3.8) is 0 Å². The third-order valence-corrected chi connectivity index (χ3v) is 15.7. The van der Waals surface area contributed by atoms with Gasteiger partial charge in [0.1, 0.15) is 0 Å². The molecule has 0 atom stereocenters. The second-order valence-corrected chi connectivity index (χ2v) is 15.7. The van der Waals surface area contributed by atoms with Gasteiger partial charge in [0.25, 0.3) is 14.1 Å². The Morgan fingerprint density at radius 3 is 1.35 bits per heavy atom. The molecule has 0 N–H and O–H groups in total. The molecule has 0 radical (unpaired) electrons. The molecule has 0 aliphatic carbocycles. The minimum absolute atomic E-state index is 0.595. The molecule has 0 aliphatic heterocycles. The Morgan fingerprint density at radius 1 is 0.739 bits per heavy atom. The Labute approximate surface area is 153 Å². The maximum atomic E-state index is 2.83. The maximum absolute atomic E-state index is 2.83. The predicted octanol–water partition coefficient (Wildman–Crippen LogP) is 5.55. The highest BCUT2D eigenvalue weighted by atomic mass is 28.3. The first-order chi connectivity index (χ1) is 10.7. The van der Waals surface area contributed by atoms with Crippen molar-refractivity contribution in [3.05, 3.63) is 0 Å². The fourth-order valence-corrected chi connectivity index (χ4v) is 15.4. The van der Waals surface area contributed by atoms with Crippen LogP contribution >= 0.6 is 0 Å². The summed E-state index contributed by atoms with van der Waals surface area (Å²) in [5.41, 5.74) is 0. The SMILES string of the molecule is CCN(CC)[Si](C)(C[CH2][Al]([CH2]C(C)C)[CH2]C(C)C)N(CC)CC. The number of hydrogen-bond donors (Lipinski definition) is 0. The third kappa shape index (κ3) is 8.06. The molecule has 0 aromatic heterocycles. The lowest BCUT2D eigenvalue weighted by Gasteiger charge is -2.46. The van der Waals surface area contributed by atoms with E-state index in [1.54, 1.807) is 15.8 Å². The molecule has 0 spiro atoms. The summed E-state index contributed by atoms with van der Waals surface area (Å²) < 4.78 is 5.66. The van der Waals surface area contributed by atoms with E-state index in [9.17, 15) is 0 Å². The summed E-state index contributed by atoms with van der Waals surface area (Å²) in [6.07, 6.45) is 0. The molecule has 138 valence electrons. The number of hydrogen-bond acceptors (Lipinski definition) is 2. The molecule has 0 unspecified atom stereocenters. The van der Waals surface area contributed by atoms with E-state index in [0.717, 1.165) is 11.8 Å². The van der Waals surface area contributed by atoms with Gasteiger partial charge in [0.2, 0.25) is 8.40 Å². The largest absolute Gasteiger partial charge is 0.312 e. The quantitative estimate of drug-likeness (QED) is 0.399. The molecule has 0 saturated carbocycles. The molecule has 0 aliphatic rings. The number of nitrogens with zero attached hydrogens (tertiary/aromatic N) is 2. The Hall–Kier alpha value is 0.669. The molecular formula is C19H45AlN2Si. The van der Waals surface area contributed by atoms with Crippen LogP contribution in [0.15, 0.2) is 0 Å². The molecule has 0 rings (SSSR count). The van der Waals surface area contributed by atoms with Crippen molar-refractivity contribution < 1.29 is 0 Å². The van der Waals surface area contributed by atoms with Crippen molar-refractivity contribution in [1.29, 1.82) is 0 Å². The van der Waals surface area contributed by atoms with Gasteiger partial charge in [-0.05, 0) is 38.8 Å². The van der Waals surface area contributed by atoms with Crippen LogP contribution in [0.25, 0.3) is 0 Å². The standard InChI is InChI=1S/C11H27N2Si.2C4H9.Al/c1-7-12(8-2)14(6,11-5)13(9-3)10-4;2*1-4(2)3;/h5,7-11H2,1-4,6H3;2*4H,1H2,2-3H3;. The van der Waals surface area contributed by atoms with E-state index in [1.807, 2.05) is 0 Å². The molecule has 0 fully saturated rings. The maximum Gasteiger partial charge on any atom is 0.262 e. The van der Waals surface area contributed by atoms with E-state index < -0.39 is 22.5 Å². The predicted molar refractivity (Wildman–Crippen MR) is 112 cm³/mol.